The summed E-state index contributed by atoms with van der Waals surface area (Å²) in [5.41, 5.74) is -0.822. The fourth-order valence-corrected chi connectivity index (χ4v) is 1.16. The van der Waals surface area contributed by atoms with E-state index in [0.29, 0.717) is 12.5 Å². The molecule has 0 saturated carbocycles. The minimum atomic E-state index is -1.23. The molecule has 0 aliphatic rings. The molecule has 0 aliphatic carbocycles. The van der Waals surface area contributed by atoms with Gasteiger partial charge in [-0.05, 0) is 6.42 Å². The lowest BCUT2D eigenvalue weighted by Gasteiger charge is -2.06. The van der Waals surface area contributed by atoms with Crippen molar-refractivity contribution in [2.75, 3.05) is 6.61 Å². The second kappa shape index (κ2) is 5.39. The molecule has 1 rings (SSSR count). The molecule has 0 spiro atoms. The Morgan fingerprint density at radius 3 is 2.69 bits per heavy atom. The molecule has 0 heterocycles. The third-order valence-electron chi connectivity index (χ3n) is 1.93. The second-order valence-electron chi connectivity index (χ2n) is 3.19. The predicted molar refractivity (Wildman–Crippen MR) is 53.4 cm³/mol. The van der Waals surface area contributed by atoms with Gasteiger partial charge in [0.2, 0.25) is 11.6 Å². The van der Waals surface area contributed by atoms with Crippen molar-refractivity contribution in [1.29, 1.82) is 0 Å². The lowest BCUT2D eigenvalue weighted by atomic mass is 10.2. The van der Waals surface area contributed by atoms with Crippen LogP contribution >= 0.6 is 0 Å². The highest BCUT2D eigenvalue weighted by atomic mass is 19.1. The predicted octanol–water partition coefficient (Wildman–Crippen LogP) is 3.05. The van der Waals surface area contributed by atoms with Gasteiger partial charge in [0.15, 0.2) is 0 Å². The van der Waals surface area contributed by atoms with Crippen molar-refractivity contribution in [1.82, 2.24) is 0 Å². The molecular weight excluding hydrogens is 220 g/mol. The van der Waals surface area contributed by atoms with Crippen LogP contribution in [-0.4, -0.2) is 11.5 Å². The molecule has 0 N–H and O–H groups in total. The molecular formula is C10H11F2NO3. The molecule has 0 aliphatic heterocycles. The number of nitrogens with zero attached hydrogens (tertiary/aromatic N) is 1. The molecule has 0 aromatic heterocycles. The fraction of sp³-hybridized carbons (Fsp3) is 0.400. The van der Waals surface area contributed by atoms with E-state index in [2.05, 4.69) is 0 Å². The lowest BCUT2D eigenvalue weighted by molar-refractivity contribution is -0.388. The number of unbranched alkanes of at least 4 members (excludes halogenated alkanes) is 1. The fourth-order valence-electron chi connectivity index (χ4n) is 1.16. The number of ether oxygens (including phenoxy) is 1. The average molecular weight is 231 g/mol. The number of hydrogen-bond donors (Lipinski definition) is 0. The molecule has 0 unspecified atom stereocenters. The summed E-state index contributed by atoms with van der Waals surface area (Å²) in [4.78, 5) is 9.63. The minimum absolute atomic E-state index is 0.195. The van der Waals surface area contributed by atoms with Crippen LogP contribution in [0.15, 0.2) is 12.1 Å². The van der Waals surface area contributed by atoms with E-state index in [1.165, 1.54) is 0 Å². The summed E-state index contributed by atoms with van der Waals surface area (Å²) < 4.78 is 30.9. The second-order valence-corrected chi connectivity index (χ2v) is 3.19. The van der Waals surface area contributed by atoms with Gasteiger partial charge in [-0.25, -0.2) is 4.39 Å². The van der Waals surface area contributed by atoms with Crippen LogP contribution < -0.4 is 4.74 Å². The van der Waals surface area contributed by atoms with Crippen molar-refractivity contribution >= 4 is 5.69 Å². The largest absolute Gasteiger partial charge is 0.487 e. The molecule has 6 heteroatoms. The molecule has 0 amide bonds. The van der Waals surface area contributed by atoms with Crippen LogP contribution in [0, 0.1) is 21.7 Å². The van der Waals surface area contributed by atoms with Gasteiger partial charge < -0.3 is 4.74 Å². The van der Waals surface area contributed by atoms with E-state index in [0.717, 1.165) is 12.5 Å². The van der Waals surface area contributed by atoms with Crippen LogP contribution in [0.25, 0.3) is 0 Å². The van der Waals surface area contributed by atoms with Crippen LogP contribution in [0.4, 0.5) is 14.5 Å². The Labute approximate surface area is 91.0 Å². The molecule has 0 atom stereocenters. The zero-order chi connectivity index (χ0) is 12.1. The normalized spacial score (nSPS) is 10.2. The van der Waals surface area contributed by atoms with Gasteiger partial charge in [0, 0.05) is 12.1 Å². The highest BCUT2D eigenvalue weighted by Gasteiger charge is 2.23. The highest BCUT2D eigenvalue weighted by Crippen LogP contribution is 2.31. The van der Waals surface area contributed by atoms with Gasteiger partial charge in [0.1, 0.15) is 5.82 Å². The van der Waals surface area contributed by atoms with Crippen LogP contribution in [0.3, 0.4) is 0 Å². The quantitative estimate of drug-likeness (QED) is 0.444. The first-order valence-corrected chi connectivity index (χ1v) is 4.82. The van der Waals surface area contributed by atoms with Gasteiger partial charge in [-0.2, -0.15) is 4.39 Å². The number of halogens is 2. The summed E-state index contributed by atoms with van der Waals surface area (Å²) in [6.07, 6.45) is 1.49. The van der Waals surface area contributed by atoms with E-state index in [-0.39, 0.29) is 12.4 Å². The first-order chi connectivity index (χ1) is 7.56. The number of rotatable bonds is 5. The van der Waals surface area contributed by atoms with Gasteiger partial charge >= 0.3 is 5.69 Å². The van der Waals surface area contributed by atoms with E-state index in [9.17, 15) is 18.9 Å². The summed E-state index contributed by atoms with van der Waals surface area (Å²) in [7, 11) is 0. The van der Waals surface area contributed by atoms with E-state index in [1.54, 1.807) is 0 Å². The van der Waals surface area contributed by atoms with Gasteiger partial charge in [-0.3, -0.25) is 10.1 Å². The van der Waals surface area contributed by atoms with Crippen molar-refractivity contribution in [3.05, 3.63) is 33.9 Å². The number of benzene rings is 1. The molecule has 1 aromatic rings. The van der Waals surface area contributed by atoms with Gasteiger partial charge in [-0.15, -0.1) is 0 Å². The first-order valence-electron chi connectivity index (χ1n) is 4.82. The highest BCUT2D eigenvalue weighted by molar-refractivity contribution is 5.47. The van der Waals surface area contributed by atoms with E-state index < -0.39 is 22.2 Å². The van der Waals surface area contributed by atoms with Crippen molar-refractivity contribution in [2.45, 2.75) is 19.8 Å². The molecule has 0 radical (unpaired) electrons. The Morgan fingerprint density at radius 1 is 1.44 bits per heavy atom. The Kier molecular flexibility index (Phi) is 4.16. The summed E-state index contributed by atoms with van der Waals surface area (Å²) in [5, 5.41) is 10.5. The van der Waals surface area contributed by atoms with Crippen molar-refractivity contribution in [2.24, 2.45) is 0 Å². The Morgan fingerprint density at radius 2 is 2.12 bits per heavy atom. The van der Waals surface area contributed by atoms with Crippen molar-refractivity contribution < 1.29 is 18.4 Å². The van der Waals surface area contributed by atoms with Gasteiger partial charge in [0.05, 0.1) is 11.5 Å². The van der Waals surface area contributed by atoms with Gasteiger partial charge in [-0.1, -0.05) is 13.3 Å². The molecule has 1 aromatic carbocycles. The molecule has 16 heavy (non-hydrogen) atoms. The smallest absolute Gasteiger partial charge is 0.346 e. The Bertz CT molecular complexity index is 396. The molecule has 4 nitrogen and oxygen atoms in total. The Balaban J connectivity index is 2.99. The standard InChI is InChI=1S/C10H11F2NO3/c1-2-3-4-16-9-6-7(11)5-8(12)10(9)13(14)15/h5-6H,2-4H2,1H3. The third kappa shape index (κ3) is 2.88. The van der Waals surface area contributed by atoms with Crippen LogP contribution in [0.5, 0.6) is 5.75 Å². The zero-order valence-electron chi connectivity index (χ0n) is 8.70. The SMILES string of the molecule is CCCCOc1cc(F)cc(F)c1[N+](=O)[O-]. The van der Waals surface area contributed by atoms with E-state index >= 15 is 0 Å². The molecule has 0 fully saturated rings. The minimum Gasteiger partial charge on any atom is -0.487 e. The lowest BCUT2D eigenvalue weighted by Crippen LogP contribution is -2.02. The number of nitro benzene ring substituents is 1. The van der Waals surface area contributed by atoms with Crippen molar-refractivity contribution in [3.8, 4) is 5.75 Å². The topological polar surface area (TPSA) is 52.4 Å². The van der Waals surface area contributed by atoms with Crippen LogP contribution in [0.1, 0.15) is 19.8 Å². The summed E-state index contributed by atoms with van der Waals surface area (Å²) in [6, 6.07) is 1.28. The monoisotopic (exact) mass is 231 g/mol. The van der Waals surface area contributed by atoms with Gasteiger partial charge in [0.25, 0.3) is 0 Å². The van der Waals surface area contributed by atoms with Crippen LogP contribution in [-0.2, 0) is 0 Å². The molecule has 0 saturated heterocycles. The van der Waals surface area contributed by atoms with E-state index in [4.69, 9.17) is 4.74 Å². The van der Waals surface area contributed by atoms with Crippen molar-refractivity contribution in [3.63, 3.8) is 0 Å². The number of hydrogen-bond acceptors (Lipinski definition) is 3. The average Bonchev–Trinajstić information content (AvgIpc) is 2.16. The summed E-state index contributed by atoms with van der Waals surface area (Å²) in [5.74, 6) is -2.48. The maximum atomic E-state index is 13.1. The Hall–Kier alpha value is -1.72. The number of nitro groups is 1. The molecule has 88 valence electrons. The zero-order valence-corrected chi connectivity index (χ0v) is 8.70. The summed E-state index contributed by atoms with van der Waals surface area (Å²) >= 11 is 0. The van der Waals surface area contributed by atoms with E-state index in [1.807, 2.05) is 6.92 Å². The first kappa shape index (κ1) is 12.4. The molecule has 0 bridgehead atoms. The third-order valence-corrected chi connectivity index (χ3v) is 1.93. The maximum Gasteiger partial charge on any atom is 0.346 e. The summed E-state index contributed by atoms with van der Waals surface area (Å²) in [6.45, 7) is 2.10. The van der Waals surface area contributed by atoms with Crippen LogP contribution in [0.2, 0.25) is 0 Å². The maximum absolute atomic E-state index is 13.1.